The molecule has 0 saturated carbocycles. The Hall–Kier alpha value is -1.43. The smallest absolute Gasteiger partial charge is 0.126 e. The second-order valence-electron chi connectivity index (χ2n) is 6.67. The van der Waals surface area contributed by atoms with E-state index in [1.807, 2.05) is 24.4 Å². The Labute approximate surface area is 141 Å². The third kappa shape index (κ3) is 3.57. The van der Waals surface area contributed by atoms with Crippen LogP contribution in [0, 0.1) is 0 Å². The summed E-state index contributed by atoms with van der Waals surface area (Å²) in [4.78, 5) is 6.92. The average molecular weight is 329 g/mol. The highest BCUT2D eigenvalue weighted by atomic mass is 32.1. The summed E-state index contributed by atoms with van der Waals surface area (Å²) in [6.45, 7) is 4.07. The summed E-state index contributed by atoms with van der Waals surface area (Å²) in [5.41, 5.74) is 1.45. The van der Waals surface area contributed by atoms with Gasteiger partial charge in [0.15, 0.2) is 0 Å². The van der Waals surface area contributed by atoms with Gasteiger partial charge in [-0.25, -0.2) is 4.98 Å². The Morgan fingerprint density at radius 1 is 1.39 bits per heavy atom. The van der Waals surface area contributed by atoms with Gasteiger partial charge in [-0.15, -0.1) is 0 Å². The Kier molecular flexibility index (Phi) is 4.33. The van der Waals surface area contributed by atoms with Gasteiger partial charge < -0.3 is 10.1 Å². The van der Waals surface area contributed by atoms with Gasteiger partial charge in [0.25, 0.3) is 0 Å². The number of aromatic nitrogens is 1. The second-order valence-corrected chi connectivity index (χ2v) is 7.45. The van der Waals surface area contributed by atoms with Crippen molar-refractivity contribution in [3.8, 4) is 0 Å². The van der Waals surface area contributed by atoms with Crippen LogP contribution in [-0.2, 0) is 11.3 Å². The highest BCUT2D eigenvalue weighted by Crippen LogP contribution is 2.35. The molecule has 1 spiro atoms. The standard InChI is InChI=1S/C18H23N3OS/c1-2-7-19-17(3-1)20-16-4-9-22-18(11-16)6-8-21(14-18)12-15-5-10-23-13-15/h1-3,5,7,10,13,16H,4,6,8-9,11-12,14H2,(H,19,20)/t16-,18-/m1/s1. The average Bonchev–Trinajstić information content (AvgIpc) is 3.20. The number of nitrogens with one attached hydrogen (secondary N) is 1. The van der Waals surface area contributed by atoms with Crippen LogP contribution in [0.5, 0.6) is 0 Å². The van der Waals surface area contributed by atoms with Crippen molar-refractivity contribution in [1.82, 2.24) is 9.88 Å². The summed E-state index contributed by atoms with van der Waals surface area (Å²) in [6, 6.07) is 8.71. The number of anilines is 1. The number of likely N-dealkylation sites (tertiary alicyclic amines) is 1. The van der Waals surface area contributed by atoms with Crippen molar-refractivity contribution in [2.24, 2.45) is 0 Å². The number of pyridine rings is 1. The van der Waals surface area contributed by atoms with Gasteiger partial charge in [-0.05, 0) is 53.8 Å². The molecule has 2 aliphatic rings. The van der Waals surface area contributed by atoms with Crippen LogP contribution in [0.2, 0.25) is 0 Å². The summed E-state index contributed by atoms with van der Waals surface area (Å²) in [7, 11) is 0. The zero-order valence-corrected chi connectivity index (χ0v) is 14.1. The van der Waals surface area contributed by atoms with E-state index >= 15 is 0 Å². The molecule has 4 rings (SSSR count). The molecule has 2 aliphatic heterocycles. The van der Waals surface area contributed by atoms with Crippen molar-refractivity contribution < 1.29 is 4.74 Å². The number of thiophene rings is 1. The number of ether oxygens (including phenoxy) is 1. The number of hydrogen-bond acceptors (Lipinski definition) is 5. The van der Waals surface area contributed by atoms with E-state index in [-0.39, 0.29) is 5.60 Å². The van der Waals surface area contributed by atoms with Crippen molar-refractivity contribution in [2.45, 2.75) is 37.5 Å². The van der Waals surface area contributed by atoms with Crippen LogP contribution in [0.3, 0.4) is 0 Å². The molecule has 0 unspecified atom stereocenters. The molecule has 23 heavy (non-hydrogen) atoms. The zero-order valence-electron chi connectivity index (χ0n) is 13.3. The largest absolute Gasteiger partial charge is 0.373 e. The van der Waals surface area contributed by atoms with E-state index in [9.17, 15) is 0 Å². The molecule has 0 aromatic carbocycles. The molecule has 0 amide bonds. The SMILES string of the molecule is c1ccc(N[C@@H]2CCO[C@]3(CCN(Cc4ccsc4)C3)C2)nc1. The summed E-state index contributed by atoms with van der Waals surface area (Å²) in [5.74, 6) is 0.975. The van der Waals surface area contributed by atoms with E-state index in [2.05, 4.69) is 32.0 Å². The summed E-state index contributed by atoms with van der Waals surface area (Å²) < 4.78 is 6.24. The second kappa shape index (κ2) is 6.59. The van der Waals surface area contributed by atoms with Crippen LogP contribution in [0.1, 0.15) is 24.8 Å². The lowest BCUT2D eigenvalue weighted by atomic mass is 9.89. The first kappa shape index (κ1) is 15.1. The normalized spacial score (nSPS) is 28.3. The predicted octanol–water partition coefficient (Wildman–Crippen LogP) is 3.38. The van der Waals surface area contributed by atoms with Crippen LogP contribution in [0.25, 0.3) is 0 Å². The van der Waals surface area contributed by atoms with Crippen molar-refractivity contribution in [1.29, 1.82) is 0 Å². The highest BCUT2D eigenvalue weighted by molar-refractivity contribution is 7.07. The van der Waals surface area contributed by atoms with Gasteiger partial charge in [-0.3, -0.25) is 4.90 Å². The van der Waals surface area contributed by atoms with Gasteiger partial charge in [-0.1, -0.05) is 6.07 Å². The number of rotatable bonds is 4. The lowest BCUT2D eigenvalue weighted by Crippen LogP contribution is -2.46. The minimum atomic E-state index is 0.0285. The molecule has 2 atom stereocenters. The van der Waals surface area contributed by atoms with E-state index in [0.717, 1.165) is 51.3 Å². The predicted molar refractivity (Wildman–Crippen MR) is 93.8 cm³/mol. The van der Waals surface area contributed by atoms with Crippen LogP contribution in [0.15, 0.2) is 41.2 Å². The first-order chi connectivity index (χ1) is 11.3. The van der Waals surface area contributed by atoms with Crippen LogP contribution in [-0.4, -0.2) is 41.2 Å². The van der Waals surface area contributed by atoms with E-state index in [1.54, 1.807) is 11.3 Å². The third-order valence-corrected chi connectivity index (χ3v) is 5.62. The fraction of sp³-hybridized carbons (Fsp3) is 0.500. The molecule has 1 N–H and O–H groups in total. The topological polar surface area (TPSA) is 37.4 Å². The van der Waals surface area contributed by atoms with Gasteiger partial charge in [0.1, 0.15) is 5.82 Å². The maximum absolute atomic E-state index is 6.24. The Bertz CT molecular complexity index is 618. The van der Waals surface area contributed by atoms with E-state index in [0.29, 0.717) is 6.04 Å². The molecule has 5 heteroatoms. The molecular formula is C18H23N3OS. The number of hydrogen-bond donors (Lipinski definition) is 1. The van der Waals surface area contributed by atoms with Gasteiger partial charge in [-0.2, -0.15) is 11.3 Å². The van der Waals surface area contributed by atoms with Crippen molar-refractivity contribution in [3.05, 3.63) is 46.8 Å². The Balaban J connectivity index is 1.37. The van der Waals surface area contributed by atoms with Gasteiger partial charge in [0, 0.05) is 38.5 Å². The summed E-state index contributed by atoms with van der Waals surface area (Å²) in [5, 5.41) is 7.99. The van der Waals surface area contributed by atoms with E-state index in [4.69, 9.17) is 4.74 Å². The maximum atomic E-state index is 6.24. The molecule has 122 valence electrons. The quantitative estimate of drug-likeness (QED) is 0.933. The zero-order chi connectivity index (χ0) is 15.5. The van der Waals surface area contributed by atoms with Crippen LogP contribution in [0.4, 0.5) is 5.82 Å². The molecule has 2 fully saturated rings. The maximum Gasteiger partial charge on any atom is 0.126 e. The monoisotopic (exact) mass is 329 g/mol. The first-order valence-corrected chi connectivity index (χ1v) is 9.31. The summed E-state index contributed by atoms with van der Waals surface area (Å²) >= 11 is 1.78. The molecule has 2 aromatic rings. The molecule has 0 aliphatic carbocycles. The first-order valence-electron chi connectivity index (χ1n) is 8.36. The summed E-state index contributed by atoms with van der Waals surface area (Å²) in [6.07, 6.45) is 5.11. The minimum Gasteiger partial charge on any atom is -0.373 e. The van der Waals surface area contributed by atoms with Crippen molar-refractivity contribution >= 4 is 17.2 Å². The fourth-order valence-electron chi connectivity index (χ4n) is 3.80. The Morgan fingerprint density at radius 3 is 3.22 bits per heavy atom. The molecule has 0 radical (unpaired) electrons. The van der Waals surface area contributed by atoms with E-state index in [1.165, 1.54) is 5.56 Å². The molecule has 4 nitrogen and oxygen atoms in total. The van der Waals surface area contributed by atoms with Gasteiger partial charge >= 0.3 is 0 Å². The lowest BCUT2D eigenvalue weighted by Gasteiger charge is -2.38. The molecular weight excluding hydrogens is 306 g/mol. The Morgan fingerprint density at radius 2 is 2.39 bits per heavy atom. The van der Waals surface area contributed by atoms with Crippen molar-refractivity contribution in [3.63, 3.8) is 0 Å². The van der Waals surface area contributed by atoms with Crippen LogP contribution < -0.4 is 5.32 Å². The fourth-order valence-corrected chi connectivity index (χ4v) is 4.46. The van der Waals surface area contributed by atoms with Crippen molar-refractivity contribution in [2.75, 3.05) is 25.0 Å². The number of nitrogens with zero attached hydrogens (tertiary/aromatic N) is 2. The minimum absolute atomic E-state index is 0.0285. The van der Waals surface area contributed by atoms with E-state index < -0.39 is 0 Å². The lowest BCUT2D eigenvalue weighted by molar-refractivity contribution is -0.0737. The molecule has 0 bridgehead atoms. The van der Waals surface area contributed by atoms with Gasteiger partial charge in [0.2, 0.25) is 0 Å². The third-order valence-electron chi connectivity index (χ3n) is 4.89. The highest BCUT2D eigenvalue weighted by Gasteiger charge is 2.43. The molecule has 2 aromatic heterocycles. The molecule has 2 saturated heterocycles. The van der Waals surface area contributed by atoms with Gasteiger partial charge in [0.05, 0.1) is 5.60 Å². The molecule has 4 heterocycles. The van der Waals surface area contributed by atoms with Crippen LogP contribution >= 0.6 is 11.3 Å².